The SMILES string of the molecule is COc1c[nH]c(CN2CC[C@](C)(O)C(C)(C)C2)cc1=O. The van der Waals surface area contributed by atoms with Gasteiger partial charge >= 0.3 is 0 Å². The zero-order chi connectivity index (χ0) is 15.0. The zero-order valence-corrected chi connectivity index (χ0v) is 12.7. The van der Waals surface area contributed by atoms with Crippen molar-refractivity contribution < 1.29 is 9.84 Å². The minimum absolute atomic E-state index is 0.107. The van der Waals surface area contributed by atoms with E-state index in [-0.39, 0.29) is 10.8 Å². The Morgan fingerprint density at radius 1 is 1.45 bits per heavy atom. The number of hydrogen-bond donors (Lipinski definition) is 2. The van der Waals surface area contributed by atoms with E-state index in [0.717, 1.165) is 25.2 Å². The minimum atomic E-state index is -0.642. The average molecular weight is 280 g/mol. The molecule has 2 heterocycles. The lowest BCUT2D eigenvalue weighted by molar-refractivity contribution is -0.107. The Kier molecular flexibility index (Phi) is 3.93. The maximum atomic E-state index is 11.7. The van der Waals surface area contributed by atoms with Gasteiger partial charge in [0.05, 0.1) is 12.7 Å². The lowest BCUT2D eigenvalue weighted by Gasteiger charge is -2.48. The smallest absolute Gasteiger partial charge is 0.223 e. The van der Waals surface area contributed by atoms with E-state index in [1.54, 1.807) is 12.3 Å². The lowest BCUT2D eigenvalue weighted by Crippen LogP contribution is -2.55. The first kappa shape index (κ1) is 15.1. The summed E-state index contributed by atoms with van der Waals surface area (Å²) in [6.07, 6.45) is 2.34. The second-order valence-corrected chi connectivity index (χ2v) is 6.51. The molecule has 0 aromatic carbocycles. The first-order valence-corrected chi connectivity index (χ1v) is 6.95. The van der Waals surface area contributed by atoms with Crippen LogP contribution >= 0.6 is 0 Å². The highest BCUT2D eigenvalue weighted by Crippen LogP contribution is 2.38. The van der Waals surface area contributed by atoms with Gasteiger partial charge in [0.25, 0.3) is 0 Å². The number of nitrogens with zero attached hydrogens (tertiary/aromatic N) is 1. The van der Waals surface area contributed by atoms with Gasteiger partial charge in [0.1, 0.15) is 0 Å². The molecular weight excluding hydrogens is 256 g/mol. The molecule has 0 spiro atoms. The van der Waals surface area contributed by atoms with Crippen LogP contribution in [0.4, 0.5) is 0 Å². The number of aromatic nitrogens is 1. The summed E-state index contributed by atoms with van der Waals surface area (Å²) in [7, 11) is 1.49. The van der Waals surface area contributed by atoms with Crippen molar-refractivity contribution in [2.45, 2.75) is 39.3 Å². The molecule has 0 bridgehead atoms. The number of piperidine rings is 1. The Bertz CT molecular complexity index is 534. The van der Waals surface area contributed by atoms with Crippen LogP contribution in [0.3, 0.4) is 0 Å². The van der Waals surface area contributed by atoms with Crippen molar-refractivity contribution in [2.24, 2.45) is 5.41 Å². The third-order valence-corrected chi connectivity index (χ3v) is 4.54. The summed E-state index contributed by atoms with van der Waals surface area (Å²) in [4.78, 5) is 17.1. The van der Waals surface area contributed by atoms with Crippen LogP contribution in [-0.4, -0.2) is 40.8 Å². The Morgan fingerprint density at radius 3 is 2.70 bits per heavy atom. The van der Waals surface area contributed by atoms with Gasteiger partial charge in [-0.3, -0.25) is 9.69 Å². The molecule has 1 atom stereocenters. The molecule has 0 amide bonds. The van der Waals surface area contributed by atoms with Crippen LogP contribution in [0.1, 0.15) is 32.9 Å². The van der Waals surface area contributed by atoms with E-state index in [1.807, 2.05) is 6.92 Å². The van der Waals surface area contributed by atoms with Gasteiger partial charge in [-0.05, 0) is 13.3 Å². The summed E-state index contributed by atoms with van der Waals surface area (Å²) in [5.74, 6) is 0.329. The molecule has 5 heteroatoms. The fraction of sp³-hybridized carbons (Fsp3) is 0.667. The number of pyridine rings is 1. The fourth-order valence-electron chi connectivity index (χ4n) is 2.65. The molecule has 0 unspecified atom stereocenters. The quantitative estimate of drug-likeness (QED) is 0.877. The molecule has 1 aromatic heterocycles. The normalized spacial score (nSPS) is 26.4. The first-order valence-electron chi connectivity index (χ1n) is 6.95. The molecule has 1 aliphatic heterocycles. The van der Waals surface area contributed by atoms with Crippen molar-refractivity contribution in [3.8, 4) is 5.75 Å². The molecule has 2 rings (SSSR count). The van der Waals surface area contributed by atoms with E-state index < -0.39 is 5.60 Å². The fourth-order valence-corrected chi connectivity index (χ4v) is 2.65. The van der Waals surface area contributed by atoms with E-state index in [1.165, 1.54) is 7.11 Å². The van der Waals surface area contributed by atoms with E-state index in [0.29, 0.717) is 12.3 Å². The number of aromatic amines is 1. The van der Waals surface area contributed by atoms with Gasteiger partial charge in [0.15, 0.2) is 5.75 Å². The van der Waals surface area contributed by atoms with Crippen molar-refractivity contribution >= 4 is 0 Å². The topological polar surface area (TPSA) is 65.6 Å². The number of aliphatic hydroxyl groups is 1. The van der Waals surface area contributed by atoms with Gasteiger partial charge in [0.2, 0.25) is 5.43 Å². The second kappa shape index (κ2) is 5.22. The van der Waals surface area contributed by atoms with Crippen molar-refractivity contribution in [3.05, 3.63) is 28.2 Å². The van der Waals surface area contributed by atoms with Crippen molar-refractivity contribution in [1.29, 1.82) is 0 Å². The molecule has 1 aliphatic rings. The van der Waals surface area contributed by atoms with Gasteiger partial charge in [-0.2, -0.15) is 0 Å². The van der Waals surface area contributed by atoms with Gasteiger partial charge in [-0.15, -0.1) is 0 Å². The largest absolute Gasteiger partial charge is 0.491 e. The Morgan fingerprint density at radius 2 is 2.15 bits per heavy atom. The van der Waals surface area contributed by atoms with Crippen molar-refractivity contribution in [3.63, 3.8) is 0 Å². The number of ether oxygens (including phenoxy) is 1. The summed E-state index contributed by atoms with van der Waals surface area (Å²) < 4.78 is 4.96. The van der Waals surface area contributed by atoms with Gasteiger partial charge < -0.3 is 14.8 Å². The zero-order valence-electron chi connectivity index (χ0n) is 12.7. The molecular formula is C15H24N2O3. The van der Waals surface area contributed by atoms with Crippen LogP contribution in [0.2, 0.25) is 0 Å². The standard InChI is InChI=1S/C15H24N2O3/c1-14(2)10-17(6-5-15(14,3)19)9-11-7-12(18)13(20-4)8-16-11/h7-8,19H,5-6,9-10H2,1-4H3,(H,16,18)/t15-/m0/s1. The average Bonchev–Trinajstić information content (AvgIpc) is 2.34. The predicted molar refractivity (Wildman–Crippen MR) is 77.9 cm³/mol. The van der Waals surface area contributed by atoms with Gasteiger partial charge in [-0.25, -0.2) is 0 Å². The van der Waals surface area contributed by atoms with Crippen LogP contribution in [0.15, 0.2) is 17.1 Å². The third-order valence-electron chi connectivity index (χ3n) is 4.54. The number of rotatable bonds is 3. The molecule has 1 saturated heterocycles. The molecule has 2 N–H and O–H groups in total. The van der Waals surface area contributed by atoms with Crippen LogP contribution in [-0.2, 0) is 6.54 Å². The molecule has 112 valence electrons. The molecule has 1 fully saturated rings. The molecule has 1 aromatic rings. The number of nitrogens with one attached hydrogen (secondary N) is 1. The summed E-state index contributed by atoms with van der Waals surface area (Å²) >= 11 is 0. The summed E-state index contributed by atoms with van der Waals surface area (Å²) in [6.45, 7) is 8.36. The Hall–Kier alpha value is -1.33. The number of H-pyrrole nitrogens is 1. The highest BCUT2D eigenvalue weighted by Gasteiger charge is 2.43. The van der Waals surface area contributed by atoms with Crippen LogP contribution < -0.4 is 10.2 Å². The van der Waals surface area contributed by atoms with Crippen molar-refractivity contribution in [2.75, 3.05) is 20.2 Å². The molecule has 0 saturated carbocycles. The second-order valence-electron chi connectivity index (χ2n) is 6.51. The maximum Gasteiger partial charge on any atom is 0.223 e. The molecule has 0 aliphatic carbocycles. The van der Waals surface area contributed by atoms with E-state index in [9.17, 15) is 9.90 Å². The molecule has 20 heavy (non-hydrogen) atoms. The predicted octanol–water partition coefficient (Wildman–Crippen LogP) is 1.37. The summed E-state index contributed by atoms with van der Waals surface area (Å²) in [5.41, 5.74) is -0.0490. The van der Waals surface area contributed by atoms with Gasteiger partial charge in [0, 0.05) is 43.0 Å². The van der Waals surface area contributed by atoms with E-state index in [4.69, 9.17) is 4.74 Å². The highest BCUT2D eigenvalue weighted by molar-refractivity contribution is 5.20. The number of methoxy groups -OCH3 is 1. The first-order chi connectivity index (χ1) is 9.25. The molecule has 5 nitrogen and oxygen atoms in total. The van der Waals surface area contributed by atoms with Crippen LogP contribution in [0.25, 0.3) is 0 Å². The summed E-state index contributed by atoms with van der Waals surface area (Å²) in [6, 6.07) is 1.58. The minimum Gasteiger partial charge on any atom is -0.491 e. The number of likely N-dealkylation sites (tertiary alicyclic amines) is 1. The van der Waals surface area contributed by atoms with Crippen LogP contribution in [0, 0.1) is 5.41 Å². The van der Waals surface area contributed by atoms with Gasteiger partial charge in [-0.1, -0.05) is 13.8 Å². The Balaban J connectivity index is 2.08. The lowest BCUT2D eigenvalue weighted by atomic mass is 9.71. The maximum absolute atomic E-state index is 11.7. The Labute approximate surface area is 119 Å². The highest BCUT2D eigenvalue weighted by atomic mass is 16.5. The van der Waals surface area contributed by atoms with E-state index >= 15 is 0 Å². The van der Waals surface area contributed by atoms with E-state index in [2.05, 4.69) is 23.7 Å². The van der Waals surface area contributed by atoms with Crippen molar-refractivity contribution in [1.82, 2.24) is 9.88 Å². The number of hydrogen-bond acceptors (Lipinski definition) is 4. The van der Waals surface area contributed by atoms with Crippen LogP contribution in [0.5, 0.6) is 5.75 Å². The molecule has 0 radical (unpaired) electrons. The monoisotopic (exact) mass is 280 g/mol. The third kappa shape index (κ3) is 2.88. The summed E-state index contributed by atoms with van der Waals surface area (Å²) in [5, 5.41) is 10.4.